The van der Waals surface area contributed by atoms with Gasteiger partial charge in [-0.15, -0.1) is 0 Å². The van der Waals surface area contributed by atoms with Gasteiger partial charge >= 0.3 is 0 Å². The van der Waals surface area contributed by atoms with Gasteiger partial charge in [0.2, 0.25) is 5.91 Å². The third-order valence-electron chi connectivity index (χ3n) is 5.75. The highest BCUT2D eigenvalue weighted by Crippen LogP contribution is 2.34. The number of nitrogens with zero attached hydrogens (tertiary/aromatic N) is 4. The molecule has 2 fully saturated rings. The van der Waals surface area contributed by atoms with Gasteiger partial charge in [0.1, 0.15) is 5.82 Å². The number of likely N-dealkylation sites (tertiary alicyclic amines) is 1. The normalized spacial score (nSPS) is 23.0. The zero-order valence-electron chi connectivity index (χ0n) is 14.8. The molecule has 1 aromatic carbocycles. The van der Waals surface area contributed by atoms with Crippen LogP contribution in [-0.2, 0) is 4.79 Å². The van der Waals surface area contributed by atoms with Gasteiger partial charge in [0.25, 0.3) is 5.69 Å². The maximum absolute atomic E-state index is 11.6. The molecular formula is C19H22N4O3. The van der Waals surface area contributed by atoms with Crippen molar-refractivity contribution in [1.82, 2.24) is 9.88 Å². The van der Waals surface area contributed by atoms with Crippen LogP contribution in [0.4, 0.5) is 11.5 Å². The summed E-state index contributed by atoms with van der Waals surface area (Å²) in [7, 11) is 0. The zero-order valence-corrected chi connectivity index (χ0v) is 14.8. The Bertz CT molecular complexity index is 853. The van der Waals surface area contributed by atoms with Crippen LogP contribution < -0.4 is 4.90 Å². The third-order valence-corrected chi connectivity index (χ3v) is 5.75. The minimum Gasteiger partial charge on any atom is -0.356 e. The average Bonchev–Trinajstić information content (AvgIpc) is 2.93. The van der Waals surface area contributed by atoms with Crippen LogP contribution in [0.1, 0.15) is 19.8 Å². The highest BCUT2D eigenvalue weighted by molar-refractivity contribution is 5.82. The number of benzene rings is 1. The van der Waals surface area contributed by atoms with Crippen LogP contribution in [0.3, 0.4) is 0 Å². The highest BCUT2D eigenvalue weighted by atomic mass is 16.6. The van der Waals surface area contributed by atoms with Gasteiger partial charge in [0.15, 0.2) is 0 Å². The number of pyridine rings is 1. The number of rotatable bonds is 2. The maximum atomic E-state index is 11.6. The minimum atomic E-state index is -0.383. The van der Waals surface area contributed by atoms with E-state index in [9.17, 15) is 14.9 Å². The fraction of sp³-hybridized carbons (Fsp3) is 0.474. The van der Waals surface area contributed by atoms with Crippen molar-refractivity contribution in [3.05, 3.63) is 40.4 Å². The van der Waals surface area contributed by atoms with Crippen molar-refractivity contribution in [2.45, 2.75) is 19.8 Å². The van der Waals surface area contributed by atoms with Crippen LogP contribution in [0, 0.1) is 22.0 Å². The van der Waals surface area contributed by atoms with Crippen LogP contribution in [0.15, 0.2) is 30.3 Å². The Labute approximate surface area is 151 Å². The van der Waals surface area contributed by atoms with Crippen LogP contribution in [0.5, 0.6) is 0 Å². The van der Waals surface area contributed by atoms with Crippen LogP contribution in [-0.4, -0.2) is 46.9 Å². The first-order valence-electron chi connectivity index (χ1n) is 9.07. The van der Waals surface area contributed by atoms with Crippen molar-refractivity contribution in [3.8, 4) is 0 Å². The number of non-ortho nitro benzene ring substituents is 1. The van der Waals surface area contributed by atoms with Gasteiger partial charge in [-0.1, -0.05) is 0 Å². The van der Waals surface area contributed by atoms with E-state index in [-0.39, 0.29) is 16.5 Å². The minimum absolute atomic E-state index is 0.0884. The number of fused-ring (bicyclic) bond motifs is 2. The molecule has 4 rings (SSSR count). The largest absolute Gasteiger partial charge is 0.356 e. The molecule has 2 aliphatic heterocycles. The Morgan fingerprint density at radius 2 is 1.85 bits per heavy atom. The summed E-state index contributed by atoms with van der Waals surface area (Å²) in [6.07, 6.45) is 2.08. The smallest absolute Gasteiger partial charge is 0.270 e. The lowest BCUT2D eigenvalue weighted by Gasteiger charge is -2.21. The molecule has 2 saturated heterocycles. The first kappa shape index (κ1) is 16.8. The first-order valence-corrected chi connectivity index (χ1v) is 9.07. The van der Waals surface area contributed by atoms with E-state index in [1.807, 2.05) is 17.0 Å². The summed E-state index contributed by atoms with van der Waals surface area (Å²) >= 11 is 0. The number of amides is 1. The molecule has 2 aromatic rings. The second-order valence-corrected chi connectivity index (χ2v) is 7.31. The van der Waals surface area contributed by atoms with E-state index in [1.165, 1.54) is 6.07 Å². The van der Waals surface area contributed by atoms with E-state index >= 15 is 0 Å². The molecule has 0 bridgehead atoms. The van der Waals surface area contributed by atoms with Crippen LogP contribution in [0.2, 0.25) is 0 Å². The van der Waals surface area contributed by atoms with Crippen molar-refractivity contribution in [1.29, 1.82) is 0 Å². The number of nitro groups is 1. The fourth-order valence-electron chi connectivity index (χ4n) is 4.24. The lowest BCUT2D eigenvalue weighted by molar-refractivity contribution is -0.384. The number of hydrogen-bond acceptors (Lipinski definition) is 5. The Kier molecular flexibility index (Phi) is 4.22. The number of carbonyl (C=O) groups excluding carboxylic acids is 1. The molecule has 2 atom stereocenters. The van der Waals surface area contributed by atoms with Gasteiger partial charge in [0.05, 0.1) is 10.4 Å². The monoisotopic (exact) mass is 354 g/mol. The Morgan fingerprint density at radius 3 is 2.46 bits per heavy atom. The maximum Gasteiger partial charge on any atom is 0.270 e. The summed E-state index contributed by atoms with van der Waals surface area (Å²) in [6, 6.07) is 8.66. The van der Waals surface area contributed by atoms with Gasteiger partial charge in [-0.3, -0.25) is 14.9 Å². The molecular weight excluding hydrogens is 332 g/mol. The van der Waals surface area contributed by atoms with E-state index in [1.54, 1.807) is 19.1 Å². The van der Waals surface area contributed by atoms with E-state index in [4.69, 9.17) is 4.98 Å². The third kappa shape index (κ3) is 3.09. The molecule has 1 amide bonds. The highest BCUT2D eigenvalue weighted by Gasteiger charge is 2.35. The topological polar surface area (TPSA) is 79.6 Å². The average molecular weight is 354 g/mol. The summed E-state index contributed by atoms with van der Waals surface area (Å²) in [5.41, 5.74) is 0.869. The molecule has 2 unspecified atom stereocenters. The molecule has 3 heterocycles. The number of carbonyl (C=O) groups is 1. The van der Waals surface area contributed by atoms with Crippen molar-refractivity contribution < 1.29 is 9.72 Å². The first-order chi connectivity index (χ1) is 12.5. The Morgan fingerprint density at radius 1 is 1.15 bits per heavy atom. The van der Waals surface area contributed by atoms with Gasteiger partial charge in [-0.05, 0) is 42.9 Å². The molecule has 7 heteroatoms. The van der Waals surface area contributed by atoms with Crippen molar-refractivity contribution in [2.75, 3.05) is 31.1 Å². The van der Waals surface area contributed by atoms with Crippen molar-refractivity contribution in [2.24, 2.45) is 11.8 Å². The summed E-state index contributed by atoms with van der Waals surface area (Å²) in [4.78, 5) is 31.1. The molecule has 0 saturated carbocycles. The number of nitro benzene ring substituents is 1. The fourth-order valence-corrected chi connectivity index (χ4v) is 4.24. The van der Waals surface area contributed by atoms with Crippen LogP contribution in [0.25, 0.3) is 10.9 Å². The lowest BCUT2D eigenvalue weighted by atomic mass is 9.92. The van der Waals surface area contributed by atoms with E-state index < -0.39 is 0 Å². The van der Waals surface area contributed by atoms with E-state index in [0.29, 0.717) is 11.8 Å². The summed E-state index contributed by atoms with van der Waals surface area (Å²) in [5, 5.41) is 11.7. The zero-order chi connectivity index (χ0) is 18.3. The molecule has 26 heavy (non-hydrogen) atoms. The van der Waals surface area contributed by atoms with E-state index in [2.05, 4.69) is 4.90 Å². The van der Waals surface area contributed by atoms with Crippen molar-refractivity contribution >= 4 is 28.3 Å². The van der Waals surface area contributed by atoms with Gasteiger partial charge in [0, 0.05) is 50.6 Å². The van der Waals surface area contributed by atoms with E-state index in [0.717, 1.165) is 55.7 Å². The van der Waals surface area contributed by atoms with Crippen molar-refractivity contribution in [3.63, 3.8) is 0 Å². The summed E-state index contributed by atoms with van der Waals surface area (Å²) < 4.78 is 0. The lowest BCUT2D eigenvalue weighted by Crippen LogP contribution is -2.31. The standard InChI is InChI=1S/C19H22N4O3/c1-13(24)21-8-6-15-11-22(12-16(15)7-9-21)19-5-2-14-10-17(23(25)26)3-4-18(14)20-19/h2-5,10,15-16H,6-9,11-12H2,1H3. The molecule has 0 N–H and O–H groups in total. The predicted octanol–water partition coefficient (Wildman–Crippen LogP) is 2.84. The molecule has 2 aliphatic rings. The van der Waals surface area contributed by atoms with Crippen LogP contribution >= 0.6 is 0 Å². The molecule has 0 radical (unpaired) electrons. The molecule has 7 nitrogen and oxygen atoms in total. The summed E-state index contributed by atoms with van der Waals surface area (Å²) in [5.74, 6) is 2.29. The van der Waals surface area contributed by atoms with Gasteiger partial charge in [-0.25, -0.2) is 4.98 Å². The molecule has 0 spiro atoms. The number of hydrogen-bond donors (Lipinski definition) is 0. The number of aromatic nitrogens is 1. The Balaban J connectivity index is 1.51. The predicted molar refractivity (Wildman–Crippen MR) is 99.1 cm³/mol. The SMILES string of the molecule is CC(=O)N1CCC2CN(c3ccc4cc([N+](=O)[O-])ccc4n3)CC2CC1. The molecule has 136 valence electrons. The molecule has 1 aromatic heterocycles. The quantitative estimate of drug-likeness (QED) is 0.612. The second kappa shape index (κ2) is 6.55. The second-order valence-electron chi connectivity index (χ2n) is 7.31. The Hall–Kier alpha value is -2.70. The van der Waals surface area contributed by atoms with Gasteiger partial charge in [-0.2, -0.15) is 0 Å². The van der Waals surface area contributed by atoms with Gasteiger partial charge < -0.3 is 9.80 Å². The number of anilines is 1. The molecule has 0 aliphatic carbocycles. The summed E-state index contributed by atoms with van der Waals surface area (Å²) in [6.45, 7) is 5.26.